The fraction of sp³-hybridized carbons (Fsp3) is 0.0667. The second-order valence-electron chi connectivity index (χ2n) is 4.02. The van der Waals surface area contributed by atoms with Crippen molar-refractivity contribution < 1.29 is 8.78 Å². The topological polar surface area (TPSA) is 26.0 Å². The number of allylic oxidation sites excluding steroid dienone is 1. The zero-order valence-corrected chi connectivity index (χ0v) is 9.79. The van der Waals surface area contributed by atoms with E-state index >= 15 is 0 Å². The minimum Gasteiger partial charge on any atom is -0.396 e. The molecular formula is C15H13F2N. The van der Waals surface area contributed by atoms with E-state index in [-0.39, 0.29) is 11.3 Å². The highest BCUT2D eigenvalue weighted by Gasteiger charge is 2.12. The van der Waals surface area contributed by atoms with Crippen molar-refractivity contribution in [2.24, 2.45) is 0 Å². The van der Waals surface area contributed by atoms with Gasteiger partial charge in [0.25, 0.3) is 0 Å². The third-order valence-corrected chi connectivity index (χ3v) is 2.76. The number of nitrogens with two attached hydrogens (primary N) is 1. The molecule has 0 atom stereocenters. The van der Waals surface area contributed by atoms with Crippen molar-refractivity contribution in [3.05, 3.63) is 66.3 Å². The summed E-state index contributed by atoms with van der Waals surface area (Å²) in [4.78, 5) is 0. The fourth-order valence-electron chi connectivity index (χ4n) is 1.77. The predicted octanol–water partition coefficient (Wildman–Crippen LogP) is 3.94. The van der Waals surface area contributed by atoms with Crippen molar-refractivity contribution in [1.29, 1.82) is 0 Å². The molecule has 92 valence electrons. The molecule has 0 fully saturated rings. The number of nitrogen functional groups attached to an aromatic ring is 1. The normalized spacial score (nSPS) is 10.3. The van der Waals surface area contributed by atoms with Gasteiger partial charge in [0.05, 0.1) is 5.69 Å². The van der Waals surface area contributed by atoms with Crippen molar-refractivity contribution in [1.82, 2.24) is 0 Å². The number of benzene rings is 2. The van der Waals surface area contributed by atoms with Crippen LogP contribution in [0.25, 0.3) is 11.1 Å². The van der Waals surface area contributed by atoms with Crippen LogP contribution in [0.5, 0.6) is 0 Å². The predicted molar refractivity (Wildman–Crippen MR) is 70.1 cm³/mol. The molecule has 0 aliphatic carbocycles. The Hall–Kier alpha value is -2.16. The van der Waals surface area contributed by atoms with Crippen LogP contribution >= 0.6 is 0 Å². The third kappa shape index (κ3) is 2.25. The summed E-state index contributed by atoms with van der Waals surface area (Å²) in [5, 5.41) is 0. The van der Waals surface area contributed by atoms with Crippen molar-refractivity contribution in [3.63, 3.8) is 0 Å². The minimum atomic E-state index is -0.998. The van der Waals surface area contributed by atoms with Crippen LogP contribution in [0.1, 0.15) is 5.56 Å². The highest BCUT2D eigenvalue weighted by atomic mass is 19.2. The van der Waals surface area contributed by atoms with Crippen molar-refractivity contribution in [2.45, 2.75) is 6.42 Å². The van der Waals surface area contributed by atoms with Crippen molar-refractivity contribution in [2.75, 3.05) is 5.73 Å². The lowest BCUT2D eigenvalue weighted by atomic mass is 10.0. The van der Waals surface area contributed by atoms with Crippen LogP contribution in [0.3, 0.4) is 0 Å². The van der Waals surface area contributed by atoms with E-state index in [4.69, 9.17) is 5.73 Å². The van der Waals surface area contributed by atoms with Crippen LogP contribution < -0.4 is 5.73 Å². The Morgan fingerprint density at radius 2 is 1.67 bits per heavy atom. The Labute approximate surface area is 105 Å². The van der Waals surface area contributed by atoms with Crippen molar-refractivity contribution >= 4 is 5.69 Å². The van der Waals surface area contributed by atoms with Gasteiger partial charge in [-0.15, -0.1) is 6.58 Å². The average Bonchev–Trinajstić information content (AvgIpc) is 2.38. The molecule has 0 aliphatic rings. The molecule has 3 heteroatoms. The summed E-state index contributed by atoms with van der Waals surface area (Å²) in [5.41, 5.74) is 7.04. The third-order valence-electron chi connectivity index (χ3n) is 2.76. The highest BCUT2D eigenvalue weighted by Crippen LogP contribution is 2.27. The molecule has 2 aromatic carbocycles. The van der Waals surface area contributed by atoms with Crippen LogP contribution in [-0.4, -0.2) is 0 Å². The second kappa shape index (κ2) is 5.00. The molecule has 1 nitrogen and oxygen atoms in total. The maximum Gasteiger partial charge on any atom is 0.182 e. The number of anilines is 1. The lowest BCUT2D eigenvalue weighted by molar-refractivity contribution is 0.514. The van der Waals surface area contributed by atoms with Gasteiger partial charge in [-0.2, -0.15) is 0 Å². The molecule has 2 N–H and O–H groups in total. The zero-order chi connectivity index (χ0) is 13.1. The maximum absolute atomic E-state index is 13.7. The zero-order valence-electron chi connectivity index (χ0n) is 9.79. The van der Waals surface area contributed by atoms with E-state index < -0.39 is 11.6 Å². The summed E-state index contributed by atoms with van der Waals surface area (Å²) in [6.45, 7) is 3.65. The summed E-state index contributed by atoms with van der Waals surface area (Å²) >= 11 is 0. The van der Waals surface area contributed by atoms with Crippen LogP contribution in [0.2, 0.25) is 0 Å². The summed E-state index contributed by atoms with van der Waals surface area (Å²) in [6.07, 6.45) is 2.54. The van der Waals surface area contributed by atoms with Gasteiger partial charge >= 0.3 is 0 Å². The lowest BCUT2D eigenvalue weighted by Crippen LogP contribution is -1.96. The standard InChI is InChI=1S/C15H13F2N/c1-2-3-10-4-6-11(7-5-10)12-8-9-13(18)15(17)14(12)16/h2,4-9H,1,3,18H2. The first-order valence-electron chi connectivity index (χ1n) is 5.57. The molecular weight excluding hydrogens is 232 g/mol. The van der Waals surface area contributed by atoms with Gasteiger partial charge in [0, 0.05) is 5.56 Å². The quantitative estimate of drug-likeness (QED) is 0.643. The minimum absolute atomic E-state index is 0.181. The second-order valence-corrected chi connectivity index (χ2v) is 4.02. The van der Waals surface area contributed by atoms with E-state index in [1.807, 2.05) is 12.1 Å². The summed E-state index contributed by atoms with van der Waals surface area (Å²) in [5.74, 6) is -1.91. The smallest absolute Gasteiger partial charge is 0.182 e. The van der Waals surface area contributed by atoms with Gasteiger partial charge in [0.2, 0.25) is 0 Å². The first-order chi connectivity index (χ1) is 8.63. The summed E-state index contributed by atoms with van der Waals surface area (Å²) in [6, 6.07) is 10.1. The molecule has 0 bridgehead atoms. The van der Waals surface area contributed by atoms with Gasteiger partial charge in [-0.25, -0.2) is 8.78 Å². The van der Waals surface area contributed by atoms with E-state index in [2.05, 4.69) is 6.58 Å². The average molecular weight is 245 g/mol. The van der Waals surface area contributed by atoms with Gasteiger partial charge in [-0.05, 0) is 29.7 Å². The fourth-order valence-corrected chi connectivity index (χ4v) is 1.77. The molecule has 0 aliphatic heterocycles. The molecule has 0 radical (unpaired) electrons. The SMILES string of the molecule is C=CCc1ccc(-c2ccc(N)c(F)c2F)cc1. The first kappa shape index (κ1) is 12.3. The molecule has 0 saturated heterocycles. The molecule has 2 rings (SSSR count). The Morgan fingerprint density at radius 1 is 1.00 bits per heavy atom. The van der Waals surface area contributed by atoms with Gasteiger partial charge in [-0.1, -0.05) is 30.3 Å². The Morgan fingerprint density at radius 3 is 2.28 bits per heavy atom. The van der Waals surface area contributed by atoms with E-state index in [0.29, 0.717) is 5.56 Å². The largest absolute Gasteiger partial charge is 0.396 e. The number of hydrogen-bond donors (Lipinski definition) is 1. The van der Waals surface area contributed by atoms with E-state index in [9.17, 15) is 8.78 Å². The molecule has 2 aromatic rings. The van der Waals surface area contributed by atoms with Crippen LogP contribution in [0, 0.1) is 11.6 Å². The van der Waals surface area contributed by atoms with E-state index in [1.54, 1.807) is 18.2 Å². The highest BCUT2D eigenvalue weighted by molar-refractivity contribution is 5.67. The molecule has 0 amide bonds. The van der Waals surface area contributed by atoms with Gasteiger partial charge in [0.1, 0.15) is 0 Å². The summed E-state index contributed by atoms with van der Waals surface area (Å²) < 4.78 is 27.1. The summed E-state index contributed by atoms with van der Waals surface area (Å²) in [7, 11) is 0. The number of hydrogen-bond acceptors (Lipinski definition) is 1. The maximum atomic E-state index is 13.7. The molecule has 0 spiro atoms. The monoisotopic (exact) mass is 245 g/mol. The van der Waals surface area contributed by atoms with E-state index in [1.165, 1.54) is 12.1 Å². The first-order valence-corrected chi connectivity index (χ1v) is 5.57. The molecule has 0 aromatic heterocycles. The van der Waals surface area contributed by atoms with Crippen LogP contribution in [-0.2, 0) is 6.42 Å². The van der Waals surface area contributed by atoms with Gasteiger partial charge in [-0.3, -0.25) is 0 Å². The Kier molecular flexibility index (Phi) is 3.42. The molecule has 0 saturated carbocycles. The molecule has 18 heavy (non-hydrogen) atoms. The van der Waals surface area contributed by atoms with Gasteiger partial charge in [0.15, 0.2) is 11.6 Å². The number of halogens is 2. The van der Waals surface area contributed by atoms with Gasteiger partial charge < -0.3 is 5.73 Å². The molecule has 0 heterocycles. The van der Waals surface area contributed by atoms with Crippen LogP contribution in [0.15, 0.2) is 49.1 Å². The van der Waals surface area contributed by atoms with Crippen LogP contribution in [0.4, 0.5) is 14.5 Å². The number of rotatable bonds is 3. The van der Waals surface area contributed by atoms with Crippen molar-refractivity contribution in [3.8, 4) is 11.1 Å². The Balaban J connectivity index is 2.43. The lowest BCUT2D eigenvalue weighted by Gasteiger charge is -2.07. The van der Waals surface area contributed by atoms with E-state index in [0.717, 1.165) is 12.0 Å². The molecule has 0 unspecified atom stereocenters. The Bertz CT molecular complexity index is 574.